The molecule has 0 aromatic heterocycles. The largest absolute Gasteiger partial charge is 0.497 e. The van der Waals surface area contributed by atoms with Gasteiger partial charge in [-0.2, -0.15) is 0 Å². The zero-order valence-electron chi connectivity index (χ0n) is 26.6. The molecule has 0 aliphatic rings. The first kappa shape index (κ1) is 35.9. The van der Waals surface area contributed by atoms with Crippen molar-refractivity contribution in [1.82, 2.24) is 5.32 Å². The number of alkyl carbamates (subject to hydrolysis) is 1. The van der Waals surface area contributed by atoms with Gasteiger partial charge in [-0.05, 0) is 87.2 Å². The monoisotopic (exact) mass is 581 g/mol. The first-order chi connectivity index (χ1) is 18.4. The van der Waals surface area contributed by atoms with Crippen LogP contribution in [0.2, 0.25) is 16.6 Å². The second kappa shape index (κ2) is 15.8. The van der Waals surface area contributed by atoms with Crippen LogP contribution in [0, 0.1) is 5.92 Å². The van der Waals surface area contributed by atoms with Crippen LogP contribution in [-0.2, 0) is 20.4 Å². The van der Waals surface area contributed by atoms with E-state index in [0.717, 1.165) is 11.3 Å². The Labute approximate surface area is 243 Å². The van der Waals surface area contributed by atoms with E-state index in [9.17, 15) is 19.8 Å². The summed E-state index contributed by atoms with van der Waals surface area (Å²) in [5.74, 6) is -0.397. The number of carboxylic acids is 1. The van der Waals surface area contributed by atoms with E-state index < -0.39 is 44.2 Å². The van der Waals surface area contributed by atoms with Gasteiger partial charge in [-0.15, -0.1) is 0 Å². The number of nitrogens with one attached hydrogen (secondary N) is 1. The molecule has 0 aliphatic carbocycles. The number of hydrogen-bond donors (Lipinski definition) is 3. The lowest BCUT2D eigenvalue weighted by molar-refractivity contribution is -0.139. The number of carboxylic acid groups (broad SMARTS) is 1. The minimum absolute atomic E-state index is 0.0625. The number of aliphatic hydroxyl groups is 1. The Bertz CT molecular complexity index is 887. The zero-order valence-corrected chi connectivity index (χ0v) is 27.6. The fourth-order valence-electron chi connectivity index (χ4n) is 5.97. The molecule has 1 amide bonds. The van der Waals surface area contributed by atoms with Crippen LogP contribution in [0.4, 0.5) is 4.79 Å². The van der Waals surface area contributed by atoms with E-state index in [1.165, 1.54) is 0 Å². The summed E-state index contributed by atoms with van der Waals surface area (Å²) in [7, 11) is -0.687. The molecule has 4 atom stereocenters. The third-order valence-corrected chi connectivity index (χ3v) is 13.8. The molecule has 0 aliphatic heterocycles. The standard InChI is InChI=1S/C31H55NO7Si/c1-20(2)40(21(3)4,22(5)6)39-28(23(7)33)25(19-24-15-17-26(37-11)18-16-24)13-12-14-27(29(34)35)32-30(36)38-31(8,9)10/h15-18,20-23,25,27-28,33H,12-14,19H2,1-11H3,(H,32,36)(H,34,35)/t23-,25+,27-,28-/m0/s1. The van der Waals surface area contributed by atoms with Gasteiger partial charge in [0.1, 0.15) is 17.4 Å². The molecular weight excluding hydrogens is 526 g/mol. The van der Waals surface area contributed by atoms with Gasteiger partial charge in [-0.3, -0.25) is 0 Å². The van der Waals surface area contributed by atoms with Crippen LogP contribution in [0.3, 0.4) is 0 Å². The van der Waals surface area contributed by atoms with Crippen LogP contribution >= 0.6 is 0 Å². The lowest BCUT2D eigenvalue weighted by atomic mass is 9.86. The lowest BCUT2D eigenvalue weighted by Crippen LogP contribution is -2.54. The van der Waals surface area contributed by atoms with E-state index in [1.54, 1.807) is 34.8 Å². The van der Waals surface area contributed by atoms with Gasteiger partial charge in [-0.25, -0.2) is 9.59 Å². The van der Waals surface area contributed by atoms with Crippen LogP contribution in [0.5, 0.6) is 5.75 Å². The third-order valence-electron chi connectivity index (χ3n) is 7.70. The predicted molar refractivity (Wildman–Crippen MR) is 162 cm³/mol. The molecule has 0 bridgehead atoms. The maximum absolute atomic E-state index is 12.3. The molecule has 1 aromatic rings. The van der Waals surface area contributed by atoms with Gasteiger partial charge in [0.05, 0.1) is 19.3 Å². The first-order valence-electron chi connectivity index (χ1n) is 14.7. The molecule has 9 heteroatoms. The molecular formula is C31H55NO7Si. The van der Waals surface area contributed by atoms with Crippen molar-refractivity contribution < 1.29 is 33.7 Å². The third kappa shape index (κ3) is 10.7. The Morgan fingerprint density at radius 3 is 1.85 bits per heavy atom. The van der Waals surface area contributed by atoms with Crippen molar-refractivity contribution in [3.8, 4) is 5.75 Å². The van der Waals surface area contributed by atoms with Crippen molar-refractivity contribution in [2.24, 2.45) is 5.92 Å². The van der Waals surface area contributed by atoms with Gasteiger partial charge in [0.25, 0.3) is 0 Å². The fourth-order valence-corrected chi connectivity index (χ4v) is 11.6. The van der Waals surface area contributed by atoms with Crippen LogP contribution in [-0.4, -0.2) is 61.6 Å². The van der Waals surface area contributed by atoms with Crippen molar-refractivity contribution in [3.63, 3.8) is 0 Å². The van der Waals surface area contributed by atoms with E-state index in [0.29, 0.717) is 35.9 Å². The minimum atomic E-state index is -2.32. The second-order valence-electron chi connectivity index (χ2n) is 12.9. The Balaban J connectivity index is 3.28. The zero-order chi connectivity index (χ0) is 30.8. The van der Waals surface area contributed by atoms with Gasteiger partial charge < -0.3 is 29.4 Å². The Kier molecular flexibility index (Phi) is 14.2. The summed E-state index contributed by atoms with van der Waals surface area (Å²) >= 11 is 0. The maximum Gasteiger partial charge on any atom is 0.408 e. The molecule has 3 N–H and O–H groups in total. The van der Waals surface area contributed by atoms with Gasteiger partial charge >= 0.3 is 12.1 Å². The molecule has 0 radical (unpaired) electrons. The molecule has 0 saturated carbocycles. The molecule has 8 nitrogen and oxygen atoms in total. The molecule has 1 aromatic carbocycles. The highest BCUT2D eigenvalue weighted by atomic mass is 28.4. The summed E-state index contributed by atoms with van der Waals surface area (Å²) in [4.78, 5) is 24.2. The molecule has 0 heterocycles. The van der Waals surface area contributed by atoms with Crippen molar-refractivity contribution in [1.29, 1.82) is 0 Å². The smallest absolute Gasteiger partial charge is 0.408 e. The number of hydrogen-bond acceptors (Lipinski definition) is 6. The molecule has 0 unspecified atom stereocenters. The number of benzene rings is 1. The Hall–Kier alpha value is -2.10. The number of aliphatic hydroxyl groups excluding tert-OH is 1. The van der Waals surface area contributed by atoms with Crippen molar-refractivity contribution in [2.75, 3.05) is 7.11 Å². The molecule has 230 valence electrons. The number of amides is 1. The fraction of sp³-hybridized carbons (Fsp3) is 0.742. The quantitative estimate of drug-likeness (QED) is 0.181. The highest BCUT2D eigenvalue weighted by molar-refractivity contribution is 6.77. The molecule has 0 fully saturated rings. The summed E-state index contributed by atoms with van der Waals surface area (Å²) in [6, 6.07) is 6.81. The molecule has 0 saturated heterocycles. The average Bonchev–Trinajstić information content (AvgIpc) is 2.81. The van der Waals surface area contributed by atoms with Crippen molar-refractivity contribution >= 4 is 20.4 Å². The number of rotatable bonds is 16. The number of carbonyl (C=O) groups is 2. The summed E-state index contributed by atoms with van der Waals surface area (Å²) in [5.41, 5.74) is 1.42. The van der Waals surface area contributed by atoms with Crippen molar-refractivity contribution in [3.05, 3.63) is 29.8 Å². The summed E-state index contributed by atoms with van der Waals surface area (Å²) in [6.45, 7) is 20.3. The topological polar surface area (TPSA) is 114 Å². The van der Waals surface area contributed by atoms with Crippen LogP contribution in [0.25, 0.3) is 0 Å². The first-order valence-corrected chi connectivity index (χ1v) is 16.8. The van der Waals surface area contributed by atoms with Crippen molar-refractivity contribution in [2.45, 2.75) is 135 Å². The van der Waals surface area contributed by atoms with Gasteiger partial charge in [0.15, 0.2) is 0 Å². The number of carbonyl (C=O) groups excluding carboxylic acids is 1. The maximum atomic E-state index is 12.3. The summed E-state index contributed by atoms with van der Waals surface area (Å²) in [6.07, 6.45) is 0.183. The van der Waals surface area contributed by atoms with Crippen LogP contribution in [0.15, 0.2) is 24.3 Å². The highest BCUT2D eigenvalue weighted by Gasteiger charge is 2.48. The number of aliphatic carboxylic acids is 1. The van der Waals surface area contributed by atoms with Gasteiger partial charge in [0, 0.05) is 0 Å². The SMILES string of the molecule is COc1ccc(C[C@@H](CCC[C@H](NC(=O)OC(C)(C)C)C(=O)O)[C@@H](O[Si](C(C)C)(C(C)C)C(C)C)[C@H](C)O)cc1. The summed E-state index contributed by atoms with van der Waals surface area (Å²) in [5, 5.41) is 23.3. The van der Waals surface area contributed by atoms with E-state index in [2.05, 4.69) is 46.9 Å². The Morgan fingerprint density at radius 1 is 0.925 bits per heavy atom. The van der Waals surface area contributed by atoms with E-state index in [1.807, 2.05) is 24.3 Å². The van der Waals surface area contributed by atoms with Crippen LogP contribution < -0.4 is 10.1 Å². The summed E-state index contributed by atoms with van der Waals surface area (Å²) < 4.78 is 17.7. The van der Waals surface area contributed by atoms with E-state index in [4.69, 9.17) is 13.9 Å². The van der Waals surface area contributed by atoms with Crippen LogP contribution in [0.1, 0.15) is 94.1 Å². The highest BCUT2D eigenvalue weighted by Crippen LogP contribution is 2.44. The average molecular weight is 582 g/mol. The normalized spacial score (nSPS) is 15.6. The molecule has 0 spiro atoms. The van der Waals surface area contributed by atoms with E-state index in [-0.39, 0.29) is 12.3 Å². The lowest BCUT2D eigenvalue weighted by Gasteiger charge is -2.47. The number of ether oxygens (including phenoxy) is 2. The van der Waals surface area contributed by atoms with Gasteiger partial charge in [0.2, 0.25) is 8.32 Å². The van der Waals surface area contributed by atoms with E-state index >= 15 is 0 Å². The molecule has 40 heavy (non-hydrogen) atoms. The predicted octanol–water partition coefficient (Wildman–Crippen LogP) is 6.94. The number of methoxy groups -OCH3 is 1. The minimum Gasteiger partial charge on any atom is -0.497 e. The second-order valence-corrected chi connectivity index (χ2v) is 18.3. The Morgan fingerprint density at radius 2 is 1.45 bits per heavy atom. The van der Waals surface area contributed by atoms with Gasteiger partial charge in [-0.1, -0.05) is 60.1 Å². The molecule has 1 rings (SSSR count).